The lowest BCUT2D eigenvalue weighted by molar-refractivity contribution is 0.0582. The number of hydrogen-bond donors (Lipinski definition) is 0. The van der Waals surface area contributed by atoms with Crippen molar-refractivity contribution in [3.63, 3.8) is 0 Å². The van der Waals surface area contributed by atoms with Gasteiger partial charge in [-0.3, -0.25) is 0 Å². The Hall–Kier alpha value is -1.55. The highest BCUT2D eigenvalue weighted by Crippen LogP contribution is 2.24. The quantitative estimate of drug-likeness (QED) is 0.755. The zero-order valence-electron chi connectivity index (χ0n) is 9.03. The first-order chi connectivity index (χ1) is 7.69. The number of aromatic nitrogens is 2. The van der Waals surface area contributed by atoms with Crippen molar-refractivity contribution in [3.05, 3.63) is 29.0 Å². The molecule has 0 saturated heterocycles. The lowest BCUT2D eigenvalue weighted by Crippen LogP contribution is -2.11. The molecule has 0 N–H and O–H groups in total. The van der Waals surface area contributed by atoms with Crippen molar-refractivity contribution < 1.29 is 9.53 Å². The minimum Gasteiger partial charge on any atom is -0.463 e. The first-order valence-corrected chi connectivity index (χ1v) is 5.30. The van der Waals surface area contributed by atoms with E-state index in [4.69, 9.17) is 11.6 Å². The Morgan fingerprint density at radius 3 is 2.94 bits per heavy atom. The predicted octanol–water partition coefficient (Wildman–Crippen LogP) is 2.50. The molecule has 2 aromatic rings. The van der Waals surface area contributed by atoms with E-state index >= 15 is 0 Å². The second-order valence-corrected chi connectivity index (χ2v) is 3.69. The molecule has 2 rings (SSSR count). The number of aryl methyl sites for hydroxylation is 1. The van der Waals surface area contributed by atoms with Crippen molar-refractivity contribution in [2.75, 3.05) is 7.11 Å². The molecule has 0 radical (unpaired) electrons. The number of esters is 1. The van der Waals surface area contributed by atoms with Crippen molar-refractivity contribution in [1.82, 2.24) is 9.55 Å². The molecule has 0 aliphatic carbocycles. The Balaban J connectivity index is 2.77. The number of hydrogen-bond acceptors (Lipinski definition) is 3. The maximum atomic E-state index is 11.5. The number of methoxy groups -OCH3 is 1. The molecule has 1 aromatic carbocycles. The maximum Gasteiger partial charge on any atom is 0.374 e. The number of carbonyl (C=O) groups excluding carboxylic acids is 1. The van der Waals surface area contributed by atoms with E-state index in [1.54, 1.807) is 16.7 Å². The van der Waals surface area contributed by atoms with Crippen LogP contribution in [0.3, 0.4) is 0 Å². The molecule has 16 heavy (non-hydrogen) atoms. The van der Waals surface area contributed by atoms with Crippen LogP contribution in [0.1, 0.15) is 17.5 Å². The lowest BCUT2D eigenvalue weighted by atomic mass is 10.3. The average molecular weight is 239 g/mol. The SMILES string of the molecule is CCn1c(C(=O)OC)nc2cccc(Cl)c21. The molecule has 0 amide bonds. The highest BCUT2D eigenvalue weighted by Gasteiger charge is 2.18. The van der Waals surface area contributed by atoms with E-state index in [0.717, 1.165) is 5.52 Å². The number of nitrogens with zero attached hydrogens (tertiary/aromatic N) is 2. The Bertz CT molecular complexity index is 548. The summed E-state index contributed by atoms with van der Waals surface area (Å²) < 4.78 is 6.44. The van der Waals surface area contributed by atoms with E-state index in [9.17, 15) is 4.79 Å². The van der Waals surface area contributed by atoms with Gasteiger partial charge >= 0.3 is 5.97 Å². The summed E-state index contributed by atoms with van der Waals surface area (Å²) in [6.07, 6.45) is 0. The van der Waals surface area contributed by atoms with E-state index in [-0.39, 0.29) is 5.82 Å². The molecule has 1 aromatic heterocycles. The van der Waals surface area contributed by atoms with Crippen LogP contribution in [0.4, 0.5) is 0 Å². The molecule has 84 valence electrons. The Morgan fingerprint density at radius 2 is 2.31 bits per heavy atom. The Morgan fingerprint density at radius 1 is 1.56 bits per heavy atom. The van der Waals surface area contributed by atoms with Crippen LogP contribution in [0.2, 0.25) is 5.02 Å². The highest BCUT2D eigenvalue weighted by atomic mass is 35.5. The average Bonchev–Trinajstić information content (AvgIpc) is 2.68. The third-order valence-corrected chi connectivity index (χ3v) is 2.71. The number of carbonyl (C=O) groups is 1. The van der Waals surface area contributed by atoms with E-state index in [1.165, 1.54) is 7.11 Å². The summed E-state index contributed by atoms with van der Waals surface area (Å²) in [6, 6.07) is 5.40. The van der Waals surface area contributed by atoms with Crippen molar-refractivity contribution in [2.45, 2.75) is 13.5 Å². The van der Waals surface area contributed by atoms with Crippen LogP contribution in [0.5, 0.6) is 0 Å². The molecule has 1 heterocycles. The summed E-state index contributed by atoms with van der Waals surface area (Å²) in [6.45, 7) is 2.54. The van der Waals surface area contributed by atoms with Gasteiger partial charge in [-0.15, -0.1) is 0 Å². The van der Waals surface area contributed by atoms with Gasteiger partial charge in [-0.2, -0.15) is 0 Å². The molecule has 0 aliphatic rings. The number of rotatable bonds is 2. The van der Waals surface area contributed by atoms with Gasteiger partial charge in [-0.25, -0.2) is 9.78 Å². The van der Waals surface area contributed by atoms with Gasteiger partial charge in [0.25, 0.3) is 0 Å². The summed E-state index contributed by atoms with van der Waals surface area (Å²) in [7, 11) is 1.34. The van der Waals surface area contributed by atoms with Crippen molar-refractivity contribution in [1.29, 1.82) is 0 Å². The number of fused-ring (bicyclic) bond motifs is 1. The van der Waals surface area contributed by atoms with Crippen LogP contribution in [-0.2, 0) is 11.3 Å². The molecular weight excluding hydrogens is 228 g/mol. The molecule has 0 saturated carbocycles. The van der Waals surface area contributed by atoms with Crippen molar-refractivity contribution in [3.8, 4) is 0 Å². The van der Waals surface area contributed by atoms with Gasteiger partial charge in [0, 0.05) is 6.54 Å². The van der Waals surface area contributed by atoms with Crippen LogP contribution >= 0.6 is 11.6 Å². The van der Waals surface area contributed by atoms with Crippen LogP contribution in [-0.4, -0.2) is 22.6 Å². The third kappa shape index (κ3) is 1.55. The zero-order valence-corrected chi connectivity index (χ0v) is 9.78. The molecule has 0 spiro atoms. The van der Waals surface area contributed by atoms with Gasteiger partial charge in [0.05, 0.1) is 23.2 Å². The summed E-state index contributed by atoms with van der Waals surface area (Å²) in [5.41, 5.74) is 1.47. The van der Waals surface area contributed by atoms with Gasteiger partial charge in [0.15, 0.2) is 0 Å². The number of imidazole rings is 1. The van der Waals surface area contributed by atoms with E-state index in [0.29, 0.717) is 17.1 Å². The monoisotopic (exact) mass is 238 g/mol. The standard InChI is InChI=1S/C11H11ClN2O2/c1-3-14-9-7(12)5-4-6-8(9)13-10(14)11(15)16-2/h4-6H,3H2,1-2H3. The second-order valence-electron chi connectivity index (χ2n) is 3.28. The lowest BCUT2D eigenvalue weighted by Gasteiger charge is -2.04. The number of para-hydroxylation sites is 1. The normalized spacial score (nSPS) is 10.7. The molecule has 4 nitrogen and oxygen atoms in total. The van der Waals surface area contributed by atoms with Crippen LogP contribution in [0.25, 0.3) is 11.0 Å². The van der Waals surface area contributed by atoms with Crippen LogP contribution in [0.15, 0.2) is 18.2 Å². The minimum atomic E-state index is -0.450. The first-order valence-electron chi connectivity index (χ1n) is 4.92. The third-order valence-electron chi connectivity index (χ3n) is 2.40. The molecular formula is C11H11ClN2O2. The van der Waals surface area contributed by atoms with E-state index in [2.05, 4.69) is 9.72 Å². The van der Waals surface area contributed by atoms with Gasteiger partial charge in [0.2, 0.25) is 5.82 Å². The second kappa shape index (κ2) is 4.14. The smallest absolute Gasteiger partial charge is 0.374 e. The molecule has 0 atom stereocenters. The molecule has 0 bridgehead atoms. The molecule has 0 unspecified atom stereocenters. The predicted molar refractivity (Wildman–Crippen MR) is 61.8 cm³/mol. The van der Waals surface area contributed by atoms with Gasteiger partial charge in [-0.05, 0) is 19.1 Å². The molecule has 0 aliphatic heterocycles. The Labute approximate surface area is 97.8 Å². The van der Waals surface area contributed by atoms with Gasteiger partial charge < -0.3 is 9.30 Å². The fourth-order valence-corrected chi connectivity index (χ4v) is 1.97. The highest BCUT2D eigenvalue weighted by molar-refractivity contribution is 6.35. The van der Waals surface area contributed by atoms with Crippen molar-refractivity contribution >= 4 is 28.6 Å². The van der Waals surface area contributed by atoms with Crippen molar-refractivity contribution in [2.24, 2.45) is 0 Å². The minimum absolute atomic E-state index is 0.285. The topological polar surface area (TPSA) is 44.1 Å². The van der Waals surface area contributed by atoms with E-state index < -0.39 is 5.97 Å². The van der Waals surface area contributed by atoms with Crippen LogP contribution < -0.4 is 0 Å². The fourth-order valence-electron chi connectivity index (χ4n) is 1.70. The van der Waals surface area contributed by atoms with Gasteiger partial charge in [-0.1, -0.05) is 17.7 Å². The number of ether oxygens (including phenoxy) is 1. The number of halogens is 1. The van der Waals surface area contributed by atoms with Gasteiger partial charge in [0.1, 0.15) is 0 Å². The summed E-state index contributed by atoms with van der Waals surface area (Å²) in [5.74, 6) is -0.165. The fraction of sp³-hybridized carbons (Fsp3) is 0.273. The summed E-state index contributed by atoms with van der Waals surface area (Å²) >= 11 is 6.09. The summed E-state index contributed by atoms with van der Waals surface area (Å²) in [4.78, 5) is 15.7. The number of benzene rings is 1. The Kier molecular flexibility index (Phi) is 2.83. The maximum absolute atomic E-state index is 11.5. The molecule has 5 heteroatoms. The van der Waals surface area contributed by atoms with Crippen LogP contribution in [0, 0.1) is 0 Å². The summed E-state index contributed by atoms with van der Waals surface area (Å²) in [5, 5.41) is 0.585. The van der Waals surface area contributed by atoms with E-state index in [1.807, 2.05) is 13.0 Å². The zero-order chi connectivity index (χ0) is 11.7. The largest absolute Gasteiger partial charge is 0.463 e. The first kappa shape index (κ1) is 11.0. The molecule has 0 fully saturated rings.